The maximum atomic E-state index is 11.7. The molecular formula is C22H37IN4O3. The number of aliphatic imine (C=N–C) groups is 1. The average molecular weight is 532 g/mol. The number of benzene rings is 1. The van der Waals surface area contributed by atoms with Gasteiger partial charge in [0, 0.05) is 47.9 Å². The number of nitrogens with zero attached hydrogens (tertiary/aromatic N) is 2. The molecule has 7 nitrogen and oxygen atoms in total. The van der Waals surface area contributed by atoms with Crippen LogP contribution in [0.3, 0.4) is 0 Å². The van der Waals surface area contributed by atoms with Crippen LogP contribution >= 0.6 is 24.0 Å². The second-order valence-corrected chi connectivity index (χ2v) is 7.95. The first kappa shape index (κ1) is 26.5. The van der Waals surface area contributed by atoms with Crippen LogP contribution in [0.15, 0.2) is 29.3 Å². The number of nitrogens with one attached hydrogen (secondary N) is 2. The summed E-state index contributed by atoms with van der Waals surface area (Å²) in [5.41, 5.74) is 1.37. The van der Waals surface area contributed by atoms with Gasteiger partial charge in [-0.05, 0) is 42.4 Å². The van der Waals surface area contributed by atoms with Gasteiger partial charge < -0.3 is 25.0 Å². The van der Waals surface area contributed by atoms with E-state index in [1.807, 2.05) is 24.3 Å². The number of amides is 1. The summed E-state index contributed by atoms with van der Waals surface area (Å²) in [4.78, 5) is 17.6. The van der Waals surface area contributed by atoms with Gasteiger partial charge in [0.05, 0.1) is 0 Å². The van der Waals surface area contributed by atoms with Crippen molar-refractivity contribution < 1.29 is 14.3 Å². The van der Waals surface area contributed by atoms with Crippen molar-refractivity contribution in [3.05, 3.63) is 29.8 Å². The summed E-state index contributed by atoms with van der Waals surface area (Å²) in [6.45, 7) is 2.38. The van der Waals surface area contributed by atoms with E-state index in [4.69, 9.17) is 9.47 Å². The highest BCUT2D eigenvalue weighted by atomic mass is 127. The fourth-order valence-corrected chi connectivity index (χ4v) is 3.66. The van der Waals surface area contributed by atoms with Crippen LogP contribution in [-0.4, -0.2) is 64.8 Å². The van der Waals surface area contributed by atoms with Crippen molar-refractivity contribution in [3.63, 3.8) is 0 Å². The third-order valence-electron chi connectivity index (χ3n) is 5.57. The van der Waals surface area contributed by atoms with Crippen molar-refractivity contribution in [1.82, 2.24) is 15.5 Å². The van der Waals surface area contributed by atoms with Crippen LogP contribution in [0.1, 0.15) is 37.7 Å². The molecule has 1 aromatic rings. The van der Waals surface area contributed by atoms with Crippen molar-refractivity contribution in [1.29, 1.82) is 0 Å². The van der Waals surface area contributed by atoms with E-state index in [1.54, 1.807) is 28.3 Å². The number of carbonyl (C=O) groups is 1. The number of rotatable bonds is 10. The van der Waals surface area contributed by atoms with Gasteiger partial charge in [0.1, 0.15) is 5.75 Å². The van der Waals surface area contributed by atoms with Crippen LogP contribution in [0.2, 0.25) is 0 Å². The van der Waals surface area contributed by atoms with Crippen molar-refractivity contribution in [2.45, 2.75) is 38.6 Å². The Morgan fingerprint density at radius 2 is 1.97 bits per heavy atom. The molecule has 1 amide bonds. The van der Waals surface area contributed by atoms with Gasteiger partial charge >= 0.3 is 0 Å². The first-order valence-corrected chi connectivity index (χ1v) is 10.3. The third kappa shape index (κ3) is 8.67. The van der Waals surface area contributed by atoms with E-state index in [0.29, 0.717) is 17.7 Å². The Labute approximate surface area is 198 Å². The van der Waals surface area contributed by atoms with E-state index in [0.717, 1.165) is 31.1 Å². The van der Waals surface area contributed by atoms with Crippen LogP contribution in [0.5, 0.6) is 5.75 Å². The summed E-state index contributed by atoms with van der Waals surface area (Å²) in [6, 6.07) is 7.76. The monoisotopic (exact) mass is 532 g/mol. The molecule has 1 aliphatic carbocycles. The van der Waals surface area contributed by atoms with Gasteiger partial charge in [-0.3, -0.25) is 9.79 Å². The van der Waals surface area contributed by atoms with E-state index in [1.165, 1.54) is 30.6 Å². The maximum absolute atomic E-state index is 11.7. The van der Waals surface area contributed by atoms with E-state index < -0.39 is 0 Å². The molecule has 0 heterocycles. The number of guanidine groups is 1. The lowest BCUT2D eigenvalue weighted by atomic mass is 9.83. The number of halogens is 1. The second kappa shape index (κ2) is 13.7. The van der Waals surface area contributed by atoms with E-state index in [9.17, 15) is 4.79 Å². The molecule has 0 radical (unpaired) electrons. The van der Waals surface area contributed by atoms with Crippen molar-refractivity contribution in [2.75, 3.05) is 48.0 Å². The quantitative estimate of drug-likeness (QED) is 0.275. The second-order valence-electron chi connectivity index (χ2n) is 7.95. The minimum Gasteiger partial charge on any atom is -0.484 e. The Morgan fingerprint density at radius 3 is 2.60 bits per heavy atom. The normalized spacial score (nSPS) is 15.3. The summed E-state index contributed by atoms with van der Waals surface area (Å²) in [5, 5.41) is 6.87. The summed E-state index contributed by atoms with van der Waals surface area (Å²) < 4.78 is 10.9. The molecule has 1 aromatic carbocycles. The molecule has 0 saturated heterocycles. The molecule has 1 aliphatic rings. The number of hydrogen-bond donors (Lipinski definition) is 2. The largest absolute Gasteiger partial charge is 0.484 e. The molecular weight excluding hydrogens is 495 g/mol. The van der Waals surface area contributed by atoms with E-state index in [2.05, 4.69) is 15.6 Å². The van der Waals surface area contributed by atoms with Crippen LogP contribution < -0.4 is 15.4 Å². The zero-order chi connectivity index (χ0) is 21.1. The molecule has 0 aliphatic heterocycles. The molecule has 2 N–H and O–H groups in total. The number of ether oxygens (including phenoxy) is 2. The predicted octanol–water partition coefficient (Wildman–Crippen LogP) is 3.03. The lowest BCUT2D eigenvalue weighted by Gasteiger charge is -2.30. The molecule has 0 aromatic heterocycles. The standard InChI is InChI=1S/C22H36N4O3.HI/c1-23-21(25-17-22(12-13-28-4)10-5-6-11-22)24-15-18-8-7-9-19(14-18)29-16-20(27)26(2)3;/h7-9,14H,5-6,10-13,15-17H2,1-4H3,(H2,23,24,25);1H. The van der Waals surface area contributed by atoms with Crippen LogP contribution in [0.25, 0.3) is 0 Å². The molecule has 0 bridgehead atoms. The van der Waals surface area contributed by atoms with Crippen molar-refractivity contribution in [2.24, 2.45) is 10.4 Å². The lowest BCUT2D eigenvalue weighted by Crippen LogP contribution is -2.43. The average Bonchev–Trinajstić information content (AvgIpc) is 3.20. The van der Waals surface area contributed by atoms with Crippen molar-refractivity contribution in [3.8, 4) is 5.75 Å². The Hall–Kier alpha value is -1.55. The number of hydrogen-bond acceptors (Lipinski definition) is 4. The van der Waals surface area contributed by atoms with Crippen molar-refractivity contribution >= 4 is 35.8 Å². The molecule has 0 spiro atoms. The minimum atomic E-state index is -0.0626. The highest BCUT2D eigenvalue weighted by Gasteiger charge is 2.33. The molecule has 0 atom stereocenters. The fourth-order valence-electron chi connectivity index (χ4n) is 3.66. The maximum Gasteiger partial charge on any atom is 0.259 e. The van der Waals surface area contributed by atoms with Crippen LogP contribution in [0, 0.1) is 5.41 Å². The van der Waals surface area contributed by atoms with E-state index in [-0.39, 0.29) is 36.5 Å². The molecule has 8 heteroatoms. The molecule has 2 rings (SSSR count). The molecule has 170 valence electrons. The third-order valence-corrected chi connectivity index (χ3v) is 5.57. The first-order valence-electron chi connectivity index (χ1n) is 10.3. The van der Waals surface area contributed by atoms with Gasteiger partial charge in [-0.25, -0.2) is 0 Å². The van der Waals surface area contributed by atoms with Gasteiger partial charge in [0.2, 0.25) is 0 Å². The minimum absolute atomic E-state index is 0. The van der Waals surface area contributed by atoms with Gasteiger partial charge in [-0.2, -0.15) is 0 Å². The highest BCUT2D eigenvalue weighted by Crippen LogP contribution is 2.40. The Bertz CT molecular complexity index is 676. The first-order chi connectivity index (χ1) is 14.0. The Kier molecular flexibility index (Phi) is 12.1. The lowest BCUT2D eigenvalue weighted by molar-refractivity contribution is -0.130. The van der Waals surface area contributed by atoms with Gasteiger partial charge in [0.25, 0.3) is 5.91 Å². The summed E-state index contributed by atoms with van der Waals surface area (Å²) >= 11 is 0. The molecule has 1 fully saturated rings. The SMILES string of the molecule is CN=C(NCc1cccc(OCC(=O)N(C)C)c1)NCC1(CCOC)CCCC1.I. The van der Waals surface area contributed by atoms with Gasteiger partial charge in [0.15, 0.2) is 12.6 Å². The number of methoxy groups -OCH3 is 1. The van der Waals surface area contributed by atoms with Crippen LogP contribution in [-0.2, 0) is 16.1 Å². The molecule has 1 saturated carbocycles. The number of carbonyl (C=O) groups excluding carboxylic acids is 1. The van der Waals surface area contributed by atoms with Gasteiger partial charge in [-0.1, -0.05) is 25.0 Å². The smallest absolute Gasteiger partial charge is 0.259 e. The molecule has 0 unspecified atom stereocenters. The zero-order valence-corrected chi connectivity index (χ0v) is 21.0. The fraction of sp³-hybridized carbons (Fsp3) is 0.636. The zero-order valence-electron chi connectivity index (χ0n) is 18.7. The summed E-state index contributed by atoms with van der Waals surface area (Å²) in [6.07, 6.45) is 6.15. The predicted molar refractivity (Wildman–Crippen MR) is 132 cm³/mol. The summed E-state index contributed by atoms with van der Waals surface area (Å²) in [5.74, 6) is 1.42. The number of likely N-dealkylation sites (N-methyl/N-ethyl adjacent to an activating group) is 1. The molecule has 30 heavy (non-hydrogen) atoms. The topological polar surface area (TPSA) is 75.2 Å². The highest BCUT2D eigenvalue weighted by molar-refractivity contribution is 14.0. The summed E-state index contributed by atoms with van der Waals surface area (Å²) in [7, 11) is 6.99. The van der Waals surface area contributed by atoms with Crippen LogP contribution in [0.4, 0.5) is 0 Å². The van der Waals surface area contributed by atoms with E-state index >= 15 is 0 Å². The van der Waals surface area contributed by atoms with Gasteiger partial charge in [-0.15, -0.1) is 24.0 Å². The Balaban J connectivity index is 0.00000450. The Morgan fingerprint density at radius 1 is 1.23 bits per heavy atom.